The molecule has 3 aromatic rings. The number of benzene rings is 1. The topological polar surface area (TPSA) is 76.7 Å². The molecule has 21 heavy (non-hydrogen) atoms. The number of hydrogen-bond acceptors (Lipinski definition) is 5. The standard InChI is InChI=1S/C15H14BrN5/c16-12-14(17)20-9-21-15(12)19-8-6-11-4-1-3-10-5-2-7-18-13(10)11/h1-5,7,9H,6,8H2,(H3,17,19,20,21). The average Bonchev–Trinajstić information content (AvgIpc) is 2.52. The number of aromatic nitrogens is 3. The Balaban J connectivity index is 1.74. The van der Waals surface area contributed by atoms with E-state index in [0.717, 1.165) is 23.9 Å². The smallest absolute Gasteiger partial charge is 0.145 e. The lowest BCUT2D eigenvalue weighted by Crippen LogP contribution is -2.08. The second-order valence-electron chi connectivity index (χ2n) is 4.59. The van der Waals surface area contributed by atoms with Gasteiger partial charge in [-0.05, 0) is 34.0 Å². The number of nitrogens with zero attached hydrogens (tertiary/aromatic N) is 3. The van der Waals surface area contributed by atoms with Gasteiger partial charge in [0.1, 0.15) is 22.4 Å². The first-order chi connectivity index (χ1) is 10.3. The Hall–Kier alpha value is -2.21. The maximum atomic E-state index is 5.73. The fraction of sp³-hybridized carbons (Fsp3) is 0.133. The van der Waals surface area contributed by atoms with Crippen LogP contribution in [-0.4, -0.2) is 21.5 Å². The number of nitrogen functional groups attached to an aromatic ring is 1. The van der Waals surface area contributed by atoms with Gasteiger partial charge in [-0.15, -0.1) is 0 Å². The number of rotatable bonds is 4. The molecule has 0 saturated carbocycles. The van der Waals surface area contributed by atoms with E-state index in [1.54, 1.807) is 0 Å². The summed E-state index contributed by atoms with van der Waals surface area (Å²) in [6.45, 7) is 0.741. The number of fused-ring (bicyclic) bond motifs is 1. The summed E-state index contributed by atoms with van der Waals surface area (Å²) in [7, 11) is 0. The highest BCUT2D eigenvalue weighted by molar-refractivity contribution is 9.10. The highest BCUT2D eigenvalue weighted by Gasteiger charge is 2.06. The van der Waals surface area contributed by atoms with Crippen LogP contribution in [0.5, 0.6) is 0 Å². The number of halogens is 1. The van der Waals surface area contributed by atoms with Gasteiger partial charge in [0.2, 0.25) is 0 Å². The Morgan fingerprint density at radius 3 is 2.86 bits per heavy atom. The SMILES string of the molecule is Nc1ncnc(NCCc2cccc3cccnc23)c1Br. The van der Waals surface area contributed by atoms with Gasteiger partial charge in [-0.3, -0.25) is 4.98 Å². The molecule has 2 aromatic heterocycles. The molecule has 6 heteroatoms. The predicted molar refractivity (Wildman–Crippen MR) is 88.1 cm³/mol. The quantitative estimate of drug-likeness (QED) is 0.761. The Labute approximate surface area is 130 Å². The minimum Gasteiger partial charge on any atom is -0.383 e. The van der Waals surface area contributed by atoms with Crippen molar-refractivity contribution in [3.05, 3.63) is 52.9 Å². The van der Waals surface area contributed by atoms with Crippen LogP contribution in [0, 0.1) is 0 Å². The molecule has 0 aliphatic heterocycles. The van der Waals surface area contributed by atoms with Gasteiger partial charge in [-0.2, -0.15) is 0 Å². The maximum absolute atomic E-state index is 5.73. The van der Waals surface area contributed by atoms with Crippen molar-refractivity contribution in [3.63, 3.8) is 0 Å². The lowest BCUT2D eigenvalue weighted by molar-refractivity contribution is 1.00. The van der Waals surface area contributed by atoms with Gasteiger partial charge < -0.3 is 11.1 Å². The number of hydrogen-bond donors (Lipinski definition) is 2. The van der Waals surface area contributed by atoms with Crippen LogP contribution < -0.4 is 11.1 Å². The number of anilines is 2. The van der Waals surface area contributed by atoms with Gasteiger partial charge in [-0.25, -0.2) is 9.97 Å². The summed E-state index contributed by atoms with van der Waals surface area (Å²) >= 11 is 3.38. The first-order valence-corrected chi connectivity index (χ1v) is 7.37. The Morgan fingerprint density at radius 1 is 1.10 bits per heavy atom. The van der Waals surface area contributed by atoms with Crippen molar-refractivity contribution in [2.24, 2.45) is 0 Å². The summed E-state index contributed by atoms with van der Waals surface area (Å²) in [5.41, 5.74) is 7.98. The zero-order valence-corrected chi connectivity index (χ0v) is 12.8. The van der Waals surface area contributed by atoms with Crippen LogP contribution >= 0.6 is 15.9 Å². The minimum atomic E-state index is 0.430. The average molecular weight is 344 g/mol. The van der Waals surface area contributed by atoms with Crippen LogP contribution in [0.3, 0.4) is 0 Å². The molecule has 0 radical (unpaired) electrons. The van der Waals surface area contributed by atoms with E-state index in [9.17, 15) is 0 Å². The van der Waals surface area contributed by atoms with E-state index < -0.39 is 0 Å². The summed E-state index contributed by atoms with van der Waals surface area (Å²) in [5, 5.41) is 4.42. The molecule has 3 N–H and O–H groups in total. The summed E-state index contributed by atoms with van der Waals surface area (Å²) < 4.78 is 0.695. The van der Waals surface area contributed by atoms with Gasteiger partial charge >= 0.3 is 0 Å². The Kier molecular flexibility index (Phi) is 3.96. The highest BCUT2D eigenvalue weighted by atomic mass is 79.9. The molecule has 0 aliphatic carbocycles. The van der Waals surface area contributed by atoms with Crippen LogP contribution in [0.2, 0.25) is 0 Å². The summed E-state index contributed by atoms with van der Waals surface area (Å²) in [6, 6.07) is 10.2. The van der Waals surface area contributed by atoms with E-state index in [4.69, 9.17) is 5.73 Å². The van der Waals surface area contributed by atoms with Gasteiger partial charge in [0.25, 0.3) is 0 Å². The van der Waals surface area contributed by atoms with Crippen LogP contribution in [0.25, 0.3) is 10.9 Å². The molecule has 0 unspecified atom stereocenters. The van der Waals surface area contributed by atoms with Crippen molar-refractivity contribution in [1.82, 2.24) is 15.0 Å². The summed E-state index contributed by atoms with van der Waals surface area (Å²) in [5.74, 6) is 1.13. The van der Waals surface area contributed by atoms with E-state index in [2.05, 4.69) is 60.5 Å². The van der Waals surface area contributed by atoms with Gasteiger partial charge in [-0.1, -0.05) is 24.3 Å². The molecule has 0 saturated heterocycles. The molecule has 0 aliphatic rings. The molecule has 3 rings (SSSR count). The van der Waals surface area contributed by atoms with Crippen molar-refractivity contribution in [1.29, 1.82) is 0 Å². The van der Waals surface area contributed by atoms with Crippen molar-refractivity contribution in [3.8, 4) is 0 Å². The summed E-state index contributed by atoms with van der Waals surface area (Å²) in [4.78, 5) is 12.5. The van der Waals surface area contributed by atoms with E-state index in [0.29, 0.717) is 16.1 Å². The number of nitrogens with one attached hydrogen (secondary N) is 1. The van der Waals surface area contributed by atoms with E-state index in [1.807, 2.05) is 12.3 Å². The number of nitrogens with two attached hydrogens (primary N) is 1. The van der Waals surface area contributed by atoms with E-state index in [1.165, 1.54) is 11.9 Å². The van der Waals surface area contributed by atoms with Crippen LogP contribution in [0.1, 0.15) is 5.56 Å². The monoisotopic (exact) mass is 343 g/mol. The van der Waals surface area contributed by atoms with Gasteiger partial charge in [0.05, 0.1) is 5.52 Å². The molecule has 0 spiro atoms. The van der Waals surface area contributed by atoms with E-state index in [-0.39, 0.29) is 0 Å². The predicted octanol–water partition coefficient (Wildman–Crippen LogP) is 3.02. The second-order valence-corrected chi connectivity index (χ2v) is 5.38. The fourth-order valence-electron chi connectivity index (χ4n) is 2.19. The van der Waals surface area contributed by atoms with Crippen LogP contribution in [-0.2, 0) is 6.42 Å². The molecule has 0 amide bonds. The highest BCUT2D eigenvalue weighted by Crippen LogP contribution is 2.24. The third-order valence-electron chi connectivity index (χ3n) is 3.22. The van der Waals surface area contributed by atoms with Crippen molar-refractivity contribution >= 4 is 38.5 Å². The van der Waals surface area contributed by atoms with Crippen LogP contribution in [0.15, 0.2) is 47.3 Å². The zero-order chi connectivity index (χ0) is 14.7. The normalized spacial score (nSPS) is 10.7. The molecular weight excluding hydrogens is 330 g/mol. The second kappa shape index (κ2) is 6.05. The third kappa shape index (κ3) is 2.95. The third-order valence-corrected chi connectivity index (χ3v) is 4.00. The molecular formula is C15H14BrN5. The van der Waals surface area contributed by atoms with Crippen LogP contribution in [0.4, 0.5) is 11.6 Å². The Bertz CT molecular complexity index is 770. The lowest BCUT2D eigenvalue weighted by Gasteiger charge is -2.09. The van der Waals surface area contributed by atoms with Crippen molar-refractivity contribution < 1.29 is 0 Å². The van der Waals surface area contributed by atoms with Crippen molar-refractivity contribution in [2.75, 3.05) is 17.6 Å². The first kappa shape index (κ1) is 13.8. The summed E-state index contributed by atoms with van der Waals surface area (Å²) in [6.07, 6.45) is 4.12. The Morgan fingerprint density at radius 2 is 1.95 bits per heavy atom. The molecule has 0 fully saturated rings. The molecule has 106 valence electrons. The number of pyridine rings is 1. The molecule has 2 heterocycles. The molecule has 5 nitrogen and oxygen atoms in total. The van der Waals surface area contributed by atoms with Gasteiger partial charge in [0, 0.05) is 18.1 Å². The zero-order valence-electron chi connectivity index (χ0n) is 11.3. The largest absolute Gasteiger partial charge is 0.383 e. The lowest BCUT2D eigenvalue weighted by atomic mass is 10.1. The number of para-hydroxylation sites is 1. The molecule has 1 aromatic carbocycles. The van der Waals surface area contributed by atoms with Gasteiger partial charge in [0.15, 0.2) is 0 Å². The fourth-order valence-corrected chi connectivity index (χ4v) is 2.54. The maximum Gasteiger partial charge on any atom is 0.145 e. The first-order valence-electron chi connectivity index (χ1n) is 6.58. The van der Waals surface area contributed by atoms with Crippen molar-refractivity contribution in [2.45, 2.75) is 6.42 Å². The van der Waals surface area contributed by atoms with E-state index >= 15 is 0 Å². The minimum absolute atomic E-state index is 0.430. The molecule has 0 bridgehead atoms. The molecule has 0 atom stereocenters.